The monoisotopic (exact) mass is 187 g/mol. The van der Waals surface area contributed by atoms with Gasteiger partial charge in [-0.25, -0.2) is 0 Å². The molecule has 1 unspecified atom stereocenters. The summed E-state index contributed by atoms with van der Waals surface area (Å²) in [6.45, 7) is 4.58. The van der Waals surface area contributed by atoms with E-state index in [-0.39, 0.29) is 12.0 Å². The van der Waals surface area contributed by atoms with Crippen LogP contribution < -0.4 is 5.73 Å². The first-order valence-corrected chi connectivity index (χ1v) is 5.08. The molecule has 0 saturated carbocycles. The summed E-state index contributed by atoms with van der Waals surface area (Å²) >= 11 is 0. The minimum Gasteiger partial charge on any atom is -0.466 e. The summed E-state index contributed by atoms with van der Waals surface area (Å²) in [6, 6.07) is 0.184. The number of unbranched alkanes of at least 4 members (excludes halogenated alkanes) is 1. The summed E-state index contributed by atoms with van der Waals surface area (Å²) < 4.78 is 4.98. The third-order valence-corrected chi connectivity index (χ3v) is 1.80. The Hall–Kier alpha value is -0.570. The summed E-state index contributed by atoms with van der Waals surface area (Å²) in [5, 5.41) is 0. The lowest BCUT2D eigenvalue weighted by Crippen LogP contribution is -2.15. The number of carbonyl (C=O) groups is 1. The van der Waals surface area contributed by atoms with Crippen molar-refractivity contribution >= 4 is 5.97 Å². The minimum atomic E-state index is -0.0888. The molecule has 3 nitrogen and oxygen atoms in total. The van der Waals surface area contributed by atoms with Crippen LogP contribution in [0.15, 0.2) is 0 Å². The molecule has 0 radical (unpaired) electrons. The van der Waals surface area contributed by atoms with Crippen molar-refractivity contribution in [3.8, 4) is 0 Å². The van der Waals surface area contributed by atoms with Crippen LogP contribution in [0.4, 0.5) is 0 Å². The van der Waals surface area contributed by atoms with E-state index >= 15 is 0 Å². The lowest BCUT2D eigenvalue weighted by molar-refractivity contribution is -0.143. The first kappa shape index (κ1) is 12.4. The number of hydrogen-bond acceptors (Lipinski definition) is 3. The van der Waals surface area contributed by atoms with E-state index in [1.165, 1.54) is 0 Å². The number of carbonyl (C=O) groups excluding carboxylic acids is 1. The summed E-state index contributed by atoms with van der Waals surface area (Å²) in [6.07, 6.45) is 4.25. The van der Waals surface area contributed by atoms with Gasteiger partial charge in [-0.05, 0) is 26.2 Å². The second kappa shape index (κ2) is 8.05. The number of nitrogens with two attached hydrogens (primary N) is 1. The molecule has 0 rings (SSSR count). The highest BCUT2D eigenvalue weighted by atomic mass is 16.5. The van der Waals surface area contributed by atoms with E-state index in [9.17, 15) is 4.79 Å². The molecule has 2 N–H and O–H groups in total. The first-order chi connectivity index (χ1) is 6.16. The minimum absolute atomic E-state index is 0.0888. The Kier molecular flexibility index (Phi) is 7.69. The van der Waals surface area contributed by atoms with Crippen molar-refractivity contribution in [1.82, 2.24) is 0 Å². The van der Waals surface area contributed by atoms with Crippen molar-refractivity contribution in [1.29, 1.82) is 0 Å². The molecule has 0 saturated heterocycles. The van der Waals surface area contributed by atoms with Crippen LogP contribution in [0.1, 0.15) is 46.0 Å². The van der Waals surface area contributed by atoms with Crippen LogP contribution >= 0.6 is 0 Å². The molecule has 0 aliphatic carbocycles. The molecule has 78 valence electrons. The number of ether oxygens (including phenoxy) is 1. The van der Waals surface area contributed by atoms with Gasteiger partial charge in [0.25, 0.3) is 0 Å². The van der Waals surface area contributed by atoms with Crippen molar-refractivity contribution in [2.45, 2.75) is 52.0 Å². The van der Waals surface area contributed by atoms with Gasteiger partial charge in [0.05, 0.1) is 6.61 Å². The summed E-state index contributed by atoms with van der Waals surface area (Å²) in [5.41, 5.74) is 5.55. The third kappa shape index (κ3) is 9.34. The Morgan fingerprint density at radius 3 is 2.69 bits per heavy atom. The normalized spacial score (nSPS) is 12.5. The van der Waals surface area contributed by atoms with E-state index < -0.39 is 0 Å². The highest BCUT2D eigenvalue weighted by Crippen LogP contribution is 2.00. The van der Waals surface area contributed by atoms with Gasteiger partial charge in [0.2, 0.25) is 0 Å². The molecule has 0 aromatic rings. The molecule has 1 atom stereocenters. The van der Waals surface area contributed by atoms with E-state index in [2.05, 4.69) is 6.92 Å². The van der Waals surface area contributed by atoms with Gasteiger partial charge in [-0.15, -0.1) is 0 Å². The highest BCUT2D eigenvalue weighted by molar-refractivity contribution is 5.69. The van der Waals surface area contributed by atoms with E-state index in [1.807, 2.05) is 6.92 Å². The zero-order valence-electron chi connectivity index (χ0n) is 8.71. The van der Waals surface area contributed by atoms with Crippen molar-refractivity contribution in [3.63, 3.8) is 0 Å². The molecule has 0 bridgehead atoms. The fourth-order valence-corrected chi connectivity index (χ4v) is 0.971. The van der Waals surface area contributed by atoms with Crippen molar-refractivity contribution in [3.05, 3.63) is 0 Å². The number of hydrogen-bond donors (Lipinski definition) is 1. The Balaban J connectivity index is 3.20. The van der Waals surface area contributed by atoms with E-state index in [4.69, 9.17) is 10.5 Å². The lowest BCUT2D eigenvalue weighted by atomic mass is 10.1. The van der Waals surface area contributed by atoms with Gasteiger partial charge in [0, 0.05) is 12.5 Å². The van der Waals surface area contributed by atoms with Gasteiger partial charge in [-0.2, -0.15) is 0 Å². The van der Waals surface area contributed by atoms with E-state index in [0.717, 1.165) is 25.7 Å². The van der Waals surface area contributed by atoms with Crippen LogP contribution in [0.5, 0.6) is 0 Å². The van der Waals surface area contributed by atoms with Crippen molar-refractivity contribution in [2.24, 2.45) is 5.73 Å². The molecule has 0 aromatic heterocycles. The van der Waals surface area contributed by atoms with Gasteiger partial charge >= 0.3 is 5.97 Å². The Bertz CT molecular complexity index is 135. The van der Waals surface area contributed by atoms with E-state index in [1.54, 1.807) is 0 Å². The van der Waals surface area contributed by atoms with Crippen LogP contribution in [0.3, 0.4) is 0 Å². The molecule has 0 fully saturated rings. The quantitative estimate of drug-likeness (QED) is 0.489. The molecule has 3 heteroatoms. The molecule has 0 aromatic carbocycles. The van der Waals surface area contributed by atoms with Crippen LogP contribution in [-0.4, -0.2) is 18.6 Å². The summed E-state index contributed by atoms with van der Waals surface area (Å²) in [7, 11) is 0. The fraction of sp³-hybridized carbons (Fsp3) is 0.900. The van der Waals surface area contributed by atoms with Crippen LogP contribution in [-0.2, 0) is 9.53 Å². The standard InChI is InChI=1S/C10H21NO2/c1-3-4-8-13-10(12)7-5-6-9(2)11/h9H,3-8,11H2,1-2H3. The first-order valence-electron chi connectivity index (χ1n) is 5.08. The predicted molar refractivity (Wildman–Crippen MR) is 53.4 cm³/mol. The zero-order valence-corrected chi connectivity index (χ0v) is 8.71. The fourth-order valence-electron chi connectivity index (χ4n) is 0.971. The molecule has 0 amide bonds. The maximum absolute atomic E-state index is 11.0. The Morgan fingerprint density at radius 1 is 1.46 bits per heavy atom. The van der Waals surface area contributed by atoms with Crippen LogP contribution in [0.25, 0.3) is 0 Å². The maximum Gasteiger partial charge on any atom is 0.305 e. The molecule has 0 spiro atoms. The second-order valence-electron chi connectivity index (χ2n) is 3.44. The van der Waals surface area contributed by atoms with Gasteiger partial charge in [-0.1, -0.05) is 13.3 Å². The number of esters is 1. The molecule has 0 aliphatic rings. The average molecular weight is 187 g/mol. The van der Waals surface area contributed by atoms with Gasteiger partial charge in [0.1, 0.15) is 0 Å². The molecule has 13 heavy (non-hydrogen) atoms. The lowest BCUT2D eigenvalue weighted by Gasteiger charge is -2.05. The molecular formula is C10H21NO2. The SMILES string of the molecule is CCCCOC(=O)CCCC(C)N. The second-order valence-corrected chi connectivity index (χ2v) is 3.44. The van der Waals surface area contributed by atoms with Crippen LogP contribution in [0, 0.1) is 0 Å². The average Bonchev–Trinajstić information content (AvgIpc) is 2.04. The third-order valence-electron chi connectivity index (χ3n) is 1.80. The summed E-state index contributed by atoms with van der Waals surface area (Å²) in [4.78, 5) is 11.0. The molecule has 0 aliphatic heterocycles. The van der Waals surface area contributed by atoms with Gasteiger partial charge < -0.3 is 10.5 Å². The zero-order chi connectivity index (χ0) is 10.1. The molecule has 0 heterocycles. The predicted octanol–water partition coefficient (Wildman–Crippen LogP) is 1.85. The van der Waals surface area contributed by atoms with Crippen LogP contribution in [0.2, 0.25) is 0 Å². The van der Waals surface area contributed by atoms with Gasteiger partial charge in [-0.3, -0.25) is 4.79 Å². The van der Waals surface area contributed by atoms with Crippen molar-refractivity contribution in [2.75, 3.05) is 6.61 Å². The number of rotatable bonds is 7. The van der Waals surface area contributed by atoms with Crippen molar-refractivity contribution < 1.29 is 9.53 Å². The largest absolute Gasteiger partial charge is 0.466 e. The highest BCUT2D eigenvalue weighted by Gasteiger charge is 2.02. The molecular weight excluding hydrogens is 166 g/mol. The maximum atomic E-state index is 11.0. The topological polar surface area (TPSA) is 52.3 Å². The Morgan fingerprint density at radius 2 is 2.15 bits per heavy atom. The smallest absolute Gasteiger partial charge is 0.305 e. The summed E-state index contributed by atoms with van der Waals surface area (Å²) in [5.74, 6) is -0.0888. The van der Waals surface area contributed by atoms with Gasteiger partial charge in [0.15, 0.2) is 0 Å². The Labute approximate surface area is 80.6 Å². The van der Waals surface area contributed by atoms with E-state index in [0.29, 0.717) is 13.0 Å².